The molecule has 0 aromatic carbocycles. The van der Waals surface area contributed by atoms with Gasteiger partial charge < -0.3 is 5.73 Å². The topological polar surface area (TPSA) is 74.2 Å². The highest BCUT2D eigenvalue weighted by Crippen LogP contribution is 1.98. The maximum atomic E-state index is 8.28. The maximum Gasteiger partial charge on any atom is 0.118 e. The Kier molecular flexibility index (Phi) is 1.14. The minimum atomic E-state index is -0.306. The lowest BCUT2D eigenvalue weighted by Crippen LogP contribution is -2.35. The van der Waals surface area contributed by atoms with E-state index in [-0.39, 0.29) is 12.1 Å². The minimum absolute atomic E-state index is 0.255. The van der Waals surface area contributed by atoms with Gasteiger partial charge in [-0.05, 0) is 0 Å². The van der Waals surface area contributed by atoms with Crippen molar-refractivity contribution in [2.45, 2.75) is 6.17 Å². The van der Waals surface area contributed by atoms with Crippen molar-refractivity contribution in [2.75, 3.05) is 0 Å². The Morgan fingerprint density at radius 3 is 2.88 bits per heavy atom. The molecule has 2 atom stereocenters. The Morgan fingerprint density at radius 1 is 1.88 bits per heavy atom. The van der Waals surface area contributed by atoms with Crippen LogP contribution in [-0.2, 0) is 0 Å². The van der Waals surface area contributed by atoms with Crippen molar-refractivity contribution in [3.8, 4) is 6.07 Å². The number of hydrogen-bond donors (Lipinski definition) is 2. The molecule has 0 aromatic heterocycles. The summed E-state index contributed by atoms with van der Waals surface area (Å²) in [5.74, 6) is -0.255. The van der Waals surface area contributed by atoms with Gasteiger partial charge in [-0.3, -0.25) is 5.43 Å². The molecule has 3 N–H and O–H groups in total. The van der Waals surface area contributed by atoms with Crippen LogP contribution in [0.4, 0.5) is 0 Å². The summed E-state index contributed by atoms with van der Waals surface area (Å²) in [6.07, 6.45) is 1.20. The van der Waals surface area contributed by atoms with E-state index in [0.717, 1.165) is 0 Å². The number of nitrogens with one attached hydrogen (secondary N) is 1. The summed E-state index contributed by atoms with van der Waals surface area (Å²) < 4.78 is 0. The van der Waals surface area contributed by atoms with Crippen LogP contribution in [0, 0.1) is 17.2 Å². The molecule has 1 aliphatic rings. The van der Waals surface area contributed by atoms with Crippen LogP contribution in [0.3, 0.4) is 0 Å². The molecule has 1 heterocycles. The fourth-order valence-corrected chi connectivity index (χ4v) is 0.496. The average molecular weight is 110 g/mol. The van der Waals surface area contributed by atoms with E-state index in [1.165, 1.54) is 6.21 Å². The lowest BCUT2D eigenvalue weighted by Gasteiger charge is -2.02. The Morgan fingerprint density at radius 2 is 2.62 bits per heavy atom. The first kappa shape index (κ1) is 5.06. The van der Waals surface area contributed by atoms with Gasteiger partial charge in [-0.2, -0.15) is 10.4 Å². The van der Waals surface area contributed by atoms with E-state index in [4.69, 9.17) is 11.0 Å². The molecule has 0 saturated heterocycles. The molecule has 0 radical (unpaired) electrons. The second-order valence-electron chi connectivity index (χ2n) is 1.59. The summed E-state index contributed by atoms with van der Waals surface area (Å²) in [6, 6.07) is 1.98. The summed E-state index contributed by atoms with van der Waals surface area (Å²) in [4.78, 5) is 0. The normalized spacial score (nSPS) is 34.0. The highest BCUT2D eigenvalue weighted by atomic mass is 15.4. The fraction of sp³-hybridized carbons (Fsp3) is 0.500. The van der Waals surface area contributed by atoms with Gasteiger partial charge in [0.25, 0.3) is 0 Å². The molecular weight excluding hydrogens is 104 g/mol. The molecule has 0 fully saturated rings. The average Bonchev–Trinajstić information content (AvgIpc) is 2.14. The summed E-state index contributed by atoms with van der Waals surface area (Å²) in [7, 11) is 0. The SMILES string of the molecule is N#C[C@H]1C=NN[C@H]1N. The molecule has 0 bridgehead atoms. The Labute approximate surface area is 47.0 Å². The van der Waals surface area contributed by atoms with Gasteiger partial charge in [-0.25, -0.2) is 0 Å². The van der Waals surface area contributed by atoms with E-state index in [2.05, 4.69) is 10.5 Å². The molecular formula is C4H6N4. The molecule has 1 rings (SSSR count). The fourth-order valence-electron chi connectivity index (χ4n) is 0.496. The Bertz CT molecular complexity index is 145. The third-order valence-corrected chi connectivity index (χ3v) is 0.995. The van der Waals surface area contributed by atoms with E-state index in [1.54, 1.807) is 0 Å². The van der Waals surface area contributed by atoms with Crippen LogP contribution in [0.2, 0.25) is 0 Å². The van der Waals surface area contributed by atoms with Gasteiger partial charge in [0.15, 0.2) is 0 Å². The summed E-state index contributed by atoms with van der Waals surface area (Å²) in [6.45, 7) is 0. The van der Waals surface area contributed by atoms with Crippen molar-refractivity contribution in [3.05, 3.63) is 0 Å². The van der Waals surface area contributed by atoms with Crippen LogP contribution < -0.4 is 11.2 Å². The van der Waals surface area contributed by atoms with E-state index < -0.39 is 0 Å². The first-order chi connectivity index (χ1) is 3.84. The lowest BCUT2D eigenvalue weighted by atomic mass is 10.2. The first-order valence-corrected chi connectivity index (χ1v) is 2.28. The number of nitriles is 1. The predicted octanol–water partition coefficient (Wildman–Crippen LogP) is -1.00. The molecule has 0 amide bonds. The van der Waals surface area contributed by atoms with Gasteiger partial charge in [-0.15, -0.1) is 0 Å². The number of nitrogens with two attached hydrogens (primary N) is 1. The maximum absolute atomic E-state index is 8.28. The smallest absolute Gasteiger partial charge is 0.118 e. The quantitative estimate of drug-likeness (QED) is 0.420. The first-order valence-electron chi connectivity index (χ1n) is 2.28. The molecule has 0 unspecified atom stereocenters. The van der Waals surface area contributed by atoms with Crippen LogP contribution in [-0.4, -0.2) is 12.4 Å². The van der Waals surface area contributed by atoms with Gasteiger partial charge in [0, 0.05) is 6.21 Å². The Balaban J connectivity index is 2.57. The second kappa shape index (κ2) is 1.80. The number of hydrogen-bond acceptors (Lipinski definition) is 4. The van der Waals surface area contributed by atoms with Crippen molar-refractivity contribution in [2.24, 2.45) is 16.8 Å². The summed E-state index contributed by atoms with van der Waals surface area (Å²) in [5, 5.41) is 11.9. The molecule has 8 heavy (non-hydrogen) atoms. The number of nitrogens with zero attached hydrogens (tertiary/aromatic N) is 2. The van der Waals surface area contributed by atoms with Gasteiger partial charge >= 0.3 is 0 Å². The van der Waals surface area contributed by atoms with Crippen LogP contribution in [0.25, 0.3) is 0 Å². The summed E-state index contributed by atoms with van der Waals surface area (Å²) >= 11 is 0. The van der Waals surface area contributed by atoms with Crippen LogP contribution in [0.1, 0.15) is 0 Å². The van der Waals surface area contributed by atoms with Crippen LogP contribution in [0.5, 0.6) is 0 Å². The third kappa shape index (κ3) is 0.634. The van der Waals surface area contributed by atoms with Gasteiger partial charge in [0.05, 0.1) is 6.07 Å². The second-order valence-corrected chi connectivity index (χ2v) is 1.59. The zero-order valence-corrected chi connectivity index (χ0v) is 4.20. The number of rotatable bonds is 0. The zero-order valence-electron chi connectivity index (χ0n) is 4.20. The predicted molar refractivity (Wildman–Crippen MR) is 28.7 cm³/mol. The largest absolute Gasteiger partial charge is 0.309 e. The van der Waals surface area contributed by atoms with Crippen molar-refractivity contribution in [1.29, 1.82) is 5.26 Å². The Hall–Kier alpha value is -1.08. The summed E-state index contributed by atoms with van der Waals surface area (Å²) in [5.41, 5.74) is 7.88. The minimum Gasteiger partial charge on any atom is -0.309 e. The third-order valence-electron chi connectivity index (χ3n) is 0.995. The molecule has 4 nitrogen and oxygen atoms in total. The molecule has 0 spiro atoms. The number of hydrazone groups is 1. The molecule has 0 saturated carbocycles. The molecule has 42 valence electrons. The van der Waals surface area contributed by atoms with Crippen molar-refractivity contribution in [1.82, 2.24) is 5.43 Å². The van der Waals surface area contributed by atoms with Crippen molar-refractivity contribution in [3.63, 3.8) is 0 Å². The highest BCUT2D eigenvalue weighted by molar-refractivity contribution is 5.66. The van der Waals surface area contributed by atoms with Crippen LogP contribution >= 0.6 is 0 Å². The van der Waals surface area contributed by atoms with Gasteiger partial charge in [-0.1, -0.05) is 0 Å². The molecule has 0 aromatic rings. The van der Waals surface area contributed by atoms with Crippen molar-refractivity contribution < 1.29 is 0 Å². The standard InChI is InChI=1S/C4H6N4/c5-1-3-2-7-8-4(3)6/h2-4,8H,6H2/t3-,4+/m0/s1. The van der Waals surface area contributed by atoms with E-state index >= 15 is 0 Å². The monoisotopic (exact) mass is 110 g/mol. The molecule has 0 aliphatic carbocycles. The van der Waals surface area contributed by atoms with Gasteiger partial charge in [0.1, 0.15) is 12.1 Å². The molecule has 1 aliphatic heterocycles. The van der Waals surface area contributed by atoms with E-state index in [1.807, 2.05) is 6.07 Å². The van der Waals surface area contributed by atoms with Crippen LogP contribution in [0.15, 0.2) is 5.10 Å². The highest BCUT2D eigenvalue weighted by Gasteiger charge is 2.17. The van der Waals surface area contributed by atoms with Gasteiger partial charge in [0.2, 0.25) is 0 Å². The zero-order chi connectivity index (χ0) is 5.98. The van der Waals surface area contributed by atoms with Crippen molar-refractivity contribution >= 4 is 6.21 Å². The lowest BCUT2D eigenvalue weighted by molar-refractivity contribution is 0.555. The van der Waals surface area contributed by atoms with E-state index in [9.17, 15) is 0 Å². The van der Waals surface area contributed by atoms with E-state index in [0.29, 0.717) is 0 Å². The molecule has 4 heteroatoms.